The van der Waals surface area contributed by atoms with Crippen LogP contribution in [0.3, 0.4) is 0 Å². The van der Waals surface area contributed by atoms with Crippen LogP contribution in [0.25, 0.3) is 27.5 Å². The summed E-state index contributed by atoms with van der Waals surface area (Å²) in [7, 11) is 0. The second-order valence-electron chi connectivity index (χ2n) is 10.00. The number of nitrogens with zero attached hydrogens (tertiary/aromatic N) is 6. The van der Waals surface area contributed by atoms with E-state index in [0.717, 1.165) is 51.1 Å². The zero-order valence-electron chi connectivity index (χ0n) is 21.2. The van der Waals surface area contributed by atoms with Gasteiger partial charge in [-0.05, 0) is 34.9 Å². The molecule has 0 N–H and O–H groups in total. The van der Waals surface area contributed by atoms with Gasteiger partial charge in [-0.25, -0.2) is 14.6 Å². The molecule has 1 aliphatic rings. The van der Waals surface area contributed by atoms with Gasteiger partial charge in [-0.1, -0.05) is 68.4 Å². The topological polar surface area (TPSA) is 67.2 Å². The highest BCUT2D eigenvalue weighted by Crippen LogP contribution is 2.28. The lowest BCUT2D eigenvalue weighted by Gasteiger charge is -2.36. The van der Waals surface area contributed by atoms with Crippen LogP contribution in [0.5, 0.6) is 0 Å². The first-order chi connectivity index (χ1) is 18.1. The average molecular weight is 491 g/mol. The Morgan fingerprint density at radius 3 is 2.35 bits per heavy atom. The maximum atomic E-state index is 13.5. The highest BCUT2D eigenvalue weighted by Gasteiger charge is 2.26. The minimum atomic E-state index is 0.0849. The Morgan fingerprint density at radius 2 is 1.57 bits per heavy atom. The number of hydrogen-bond acceptors (Lipinski definition) is 5. The first kappa shape index (κ1) is 23.2. The fraction of sp³-hybridized carbons (Fsp3) is 0.267. The number of carbonyl (C=O) groups is 1. The number of anilines is 1. The number of amides is 1. The summed E-state index contributed by atoms with van der Waals surface area (Å²) in [5.74, 6) is 2.25. The Balaban J connectivity index is 1.29. The average Bonchev–Trinajstić information content (AvgIpc) is 3.36. The Kier molecular flexibility index (Phi) is 6.04. The number of benzene rings is 3. The van der Waals surface area contributed by atoms with E-state index in [0.29, 0.717) is 32.1 Å². The summed E-state index contributed by atoms with van der Waals surface area (Å²) in [4.78, 5) is 27.6. The van der Waals surface area contributed by atoms with Crippen LogP contribution in [0, 0.1) is 5.92 Å². The summed E-state index contributed by atoms with van der Waals surface area (Å²) in [5.41, 5.74) is 2.56. The van der Waals surface area contributed by atoms with E-state index in [2.05, 4.69) is 36.0 Å². The predicted octanol–water partition coefficient (Wildman–Crippen LogP) is 5.13. The van der Waals surface area contributed by atoms with Crippen molar-refractivity contribution in [3.05, 3.63) is 90.4 Å². The number of carbonyl (C=O) groups excluding carboxylic acids is 1. The van der Waals surface area contributed by atoms with Gasteiger partial charge >= 0.3 is 0 Å². The van der Waals surface area contributed by atoms with Gasteiger partial charge in [0, 0.05) is 38.2 Å². The summed E-state index contributed by atoms with van der Waals surface area (Å²) in [6, 6.07) is 24.1. The second kappa shape index (κ2) is 9.65. The van der Waals surface area contributed by atoms with E-state index in [9.17, 15) is 4.79 Å². The molecule has 0 unspecified atom stereocenters. The summed E-state index contributed by atoms with van der Waals surface area (Å²) >= 11 is 0. The molecule has 1 aliphatic heterocycles. The smallest absolute Gasteiger partial charge is 0.254 e. The molecule has 5 aromatic rings. The first-order valence-electron chi connectivity index (χ1n) is 12.9. The van der Waals surface area contributed by atoms with Crippen molar-refractivity contribution in [2.75, 3.05) is 31.1 Å². The zero-order valence-corrected chi connectivity index (χ0v) is 21.2. The Morgan fingerprint density at radius 1 is 0.838 bits per heavy atom. The fourth-order valence-electron chi connectivity index (χ4n) is 5.10. The monoisotopic (exact) mass is 490 g/mol. The van der Waals surface area contributed by atoms with Gasteiger partial charge in [0.2, 0.25) is 0 Å². The van der Waals surface area contributed by atoms with Gasteiger partial charge in [-0.15, -0.1) is 0 Å². The Bertz CT molecular complexity index is 1560. The molecule has 7 heteroatoms. The van der Waals surface area contributed by atoms with Crippen molar-refractivity contribution in [3.8, 4) is 5.69 Å². The van der Waals surface area contributed by atoms with Crippen molar-refractivity contribution in [2.45, 2.75) is 20.3 Å². The molecule has 1 fully saturated rings. The molecule has 0 bridgehead atoms. The number of fused-ring (bicyclic) bond motifs is 2. The van der Waals surface area contributed by atoms with Crippen LogP contribution >= 0.6 is 0 Å². The van der Waals surface area contributed by atoms with E-state index in [-0.39, 0.29) is 5.91 Å². The number of aromatic nitrogens is 4. The van der Waals surface area contributed by atoms with Crippen LogP contribution in [-0.4, -0.2) is 56.7 Å². The van der Waals surface area contributed by atoms with Crippen molar-refractivity contribution in [2.24, 2.45) is 5.92 Å². The SMILES string of the molecule is CC(C)Cc1nc(N2CCN(C(=O)c3cccc4ccccc34)CC2)c2cnn(-c3ccccc3)c2n1. The van der Waals surface area contributed by atoms with Crippen LogP contribution in [0.15, 0.2) is 79.0 Å². The number of para-hydroxylation sites is 1. The quantitative estimate of drug-likeness (QED) is 0.342. The molecule has 0 atom stereocenters. The van der Waals surface area contributed by atoms with Crippen molar-refractivity contribution in [1.29, 1.82) is 0 Å². The van der Waals surface area contributed by atoms with Crippen LogP contribution in [0.4, 0.5) is 5.82 Å². The lowest BCUT2D eigenvalue weighted by atomic mass is 10.0. The molecular weight excluding hydrogens is 460 g/mol. The van der Waals surface area contributed by atoms with Gasteiger partial charge in [0.05, 0.1) is 17.3 Å². The number of hydrogen-bond donors (Lipinski definition) is 0. The third-order valence-corrected chi connectivity index (χ3v) is 6.93. The van der Waals surface area contributed by atoms with E-state index >= 15 is 0 Å². The Hall–Kier alpha value is -4.26. The normalized spacial score (nSPS) is 14.1. The second-order valence-corrected chi connectivity index (χ2v) is 10.00. The molecule has 3 heterocycles. The van der Waals surface area contributed by atoms with Gasteiger partial charge in [0.1, 0.15) is 11.6 Å². The van der Waals surface area contributed by atoms with Crippen LogP contribution in [0.1, 0.15) is 30.0 Å². The molecule has 0 radical (unpaired) electrons. The van der Waals surface area contributed by atoms with Crippen LogP contribution in [0.2, 0.25) is 0 Å². The molecule has 37 heavy (non-hydrogen) atoms. The van der Waals surface area contributed by atoms with E-state index in [1.165, 1.54) is 0 Å². The zero-order chi connectivity index (χ0) is 25.4. The summed E-state index contributed by atoms with van der Waals surface area (Å²) in [6.07, 6.45) is 2.66. The predicted molar refractivity (Wildman–Crippen MR) is 147 cm³/mol. The van der Waals surface area contributed by atoms with Crippen LogP contribution < -0.4 is 4.90 Å². The van der Waals surface area contributed by atoms with Gasteiger partial charge < -0.3 is 9.80 Å². The minimum absolute atomic E-state index is 0.0849. The molecule has 0 aliphatic carbocycles. The van der Waals surface area contributed by atoms with Crippen molar-refractivity contribution < 1.29 is 4.79 Å². The number of rotatable bonds is 5. The molecule has 3 aromatic carbocycles. The van der Waals surface area contributed by atoms with Crippen molar-refractivity contribution in [3.63, 3.8) is 0 Å². The largest absolute Gasteiger partial charge is 0.352 e. The molecule has 1 saturated heterocycles. The highest BCUT2D eigenvalue weighted by atomic mass is 16.2. The van der Waals surface area contributed by atoms with E-state index in [4.69, 9.17) is 9.97 Å². The van der Waals surface area contributed by atoms with E-state index in [1.807, 2.05) is 76.4 Å². The van der Waals surface area contributed by atoms with E-state index < -0.39 is 0 Å². The molecule has 6 rings (SSSR count). The van der Waals surface area contributed by atoms with Gasteiger partial charge in [-0.3, -0.25) is 4.79 Å². The van der Waals surface area contributed by atoms with Gasteiger partial charge in [0.15, 0.2) is 5.65 Å². The molecule has 1 amide bonds. The van der Waals surface area contributed by atoms with Gasteiger partial charge in [-0.2, -0.15) is 5.10 Å². The molecule has 7 nitrogen and oxygen atoms in total. The first-order valence-corrected chi connectivity index (χ1v) is 12.9. The fourth-order valence-corrected chi connectivity index (χ4v) is 5.10. The summed E-state index contributed by atoms with van der Waals surface area (Å²) in [6.45, 7) is 7.05. The van der Waals surface area contributed by atoms with Crippen LogP contribution in [-0.2, 0) is 6.42 Å². The van der Waals surface area contributed by atoms with E-state index in [1.54, 1.807) is 0 Å². The summed E-state index contributed by atoms with van der Waals surface area (Å²) in [5, 5.41) is 7.70. The standard InChI is InChI=1S/C30H30N6O/c1-21(2)19-27-32-28(26-20-31-36(29(26)33-27)23-11-4-3-5-12-23)34-15-17-35(18-16-34)30(37)25-14-8-10-22-9-6-7-13-24(22)25/h3-14,20-21H,15-19H2,1-2H3. The lowest BCUT2D eigenvalue weighted by Crippen LogP contribution is -2.49. The van der Waals surface area contributed by atoms with Crippen molar-refractivity contribution in [1.82, 2.24) is 24.6 Å². The molecule has 0 spiro atoms. The minimum Gasteiger partial charge on any atom is -0.352 e. The van der Waals surface area contributed by atoms with Crippen molar-refractivity contribution >= 4 is 33.5 Å². The maximum absolute atomic E-state index is 13.5. The molecule has 2 aromatic heterocycles. The van der Waals surface area contributed by atoms with Gasteiger partial charge in [0.25, 0.3) is 5.91 Å². The highest BCUT2D eigenvalue weighted by molar-refractivity contribution is 6.07. The lowest BCUT2D eigenvalue weighted by molar-refractivity contribution is 0.0748. The Labute approximate surface area is 216 Å². The summed E-state index contributed by atoms with van der Waals surface area (Å²) < 4.78 is 1.89. The number of piperazine rings is 1. The third-order valence-electron chi connectivity index (χ3n) is 6.93. The molecule has 186 valence electrons. The molecular formula is C30H30N6O. The maximum Gasteiger partial charge on any atom is 0.254 e. The third kappa shape index (κ3) is 4.42. The molecule has 0 saturated carbocycles.